The molecule has 2 aliphatic heterocycles. The highest BCUT2D eigenvalue weighted by molar-refractivity contribution is 5.96. The fourth-order valence-corrected chi connectivity index (χ4v) is 4.79. The van der Waals surface area contributed by atoms with Crippen LogP contribution in [0.4, 0.5) is 0 Å². The van der Waals surface area contributed by atoms with E-state index in [2.05, 4.69) is 0 Å². The Morgan fingerprint density at radius 1 is 1.00 bits per heavy atom. The second-order valence-corrected chi connectivity index (χ2v) is 8.90. The predicted molar refractivity (Wildman–Crippen MR) is 130 cm³/mol. The molecule has 0 fully saturated rings. The van der Waals surface area contributed by atoms with E-state index in [0.29, 0.717) is 6.61 Å². The molecule has 0 saturated heterocycles. The predicted octanol–water partition coefficient (Wildman–Crippen LogP) is 3.67. The lowest BCUT2D eigenvalue weighted by Gasteiger charge is -2.46. The number of para-hydroxylation sites is 1. The molecule has 2 atom stereocenters. The van der Waals surface area contributed by atoms with E-state index in [1.165, 1.54) is 6.07 Å². The normalized spacial score (nSPS) is 20.7. The van der Waals surface area contributed by atoms with Crippen LogP contribution in [0.5, 0.6) is 11.5 Å². The fourth-order valence-electron chi connectivity index (χ4n) is 4.79. The van der Waals surface area contributed by atoms with Gasteiger partial charge in [-0.2, -0.15) is 0 Å². The maximum atomic E-state index is 13.7. The number of aromatic nitrogens is 1. The molecule has 1 amide bonds. The van der Waals surface area contributed by atoms with Gasteiger partial charge in [0, 0.05) is 17.8 Å². The molecule has 3 aromatic rings. The summed E-state index contributed by atoms with van der Waals surface area (Å²) in [6, 6.07) is 18.5. The van der Waals surface area contributed by atoms with E-state index in [0.717, 1.165) is 16.9 Å². The quantitative estimate of drug-likeness (QED) is 0.595. The van der Waals surface area contributed by atoms with Crippen molar-refractivity contribution in [3.05, 3.63) is 106 Å². The van der Waals surface area contributed by atoms with E-state index < -0.39 is 11.2 Å². The van der Waals surface area contributed by atoms with Crippen molar-refractivity contribution in [3.63, 3.8) is 0 Å². The highest BCUT2D eigenvalue weighted by atomic mass is 16.5. The van der Waals surface area contributed by atoms with Gasteiger partial charge in [0.25, 0.3) is 5.91 Å². The largest absolute Gasteiger partial charge is 0.502 e. The zero-order valence-electron chi connectivity index (χ0n) is 19.2. The zero-order chi connectivity index (χ0) is 23.8. The minimum Gasteiger partial charge on any atom is -0.502 e. The molecule has 2 bridgehead atoms. The number of amides is 1. The molecule has 1 aromatic heterocycles. The molecular formula is C27H27N3O4. The first-order chi connectivity index (χ1) is 16.5. The van der Waals surface area contributed by atoms with Gasteiger partial charge in [-0.25, -0.2) is 0 Å². The lowest BCUT2D eigenvalue weighted by molar-refractivity contribution is 0.0588. The number of carbonyl (C=O) groups excluding carboxylic acids is 1. The molecule has 0 spiro atoms. The maximum Gasteiger partial charge on any atom is 0.278 e. The van der Waals surface area contributed by atoms with Crippen LogP contribution in [0.2, 0.25) is 0 Å². The number of carbonyl (C=O) groups is 1. The topological polar surface area (TPSA) is 75.0 Å². The van der Waals surface area contributed by atoms with Crippen LogP contribution >= 0.6 is 0 Å². The van der Waals surface area contributed by atoms with Crippen molar-refractivity contribution in [2.75, 3.05) is 18.3 Å². The van der Waals surface area contributed by atoms with Crippen LogP contribution in [-0.2, 0) is 0 Å². The Hall–Kier alpha value is -4.00. The monoisotopic (exact) mass is 457 g/mol. The van der Waals surface area contributed by atoms with Crippen molar-refractivity contribution in [1.29, 1.82) is 0 Å². The van der Waals surface area contributed by atoms with E-state index in [-0.39, 0.29) is 36.3 Å². The Labute approximate surface area is 198 Å². The minimum atomic E-state index is -0.581. The Morgan fingerprint density at radius 2 is 1.74 bits per heavy atom. The molecule has 7 heteroatoms. The first-order valence-corrected chi connectivity index (χ1v) is 11.4. The molecule has 2 aliphatic rings. The molecular weight excluding hydrogens is 430 g/mol. The Bertz CT molecular complexity index is 1300. The maximum absolute atomic E-state index is 13.7. The van der Waals surface area contributed by atoms with E-state index in [9.17, 15) is 14.7 Å². The van der Waals surface area contributed by atoms with Gasteiger partial charge < -0.3 is 14.7 Å². The van der Waals surface area contributed by atoms with Crippen molar-refractivity contribution >= 4 is 5.91 Å². The molecule has 7 nitrogen and oxygen atoms in total. The van der Waals surface area contributed by atoms with Crippen LogP contribution in [0.15, 0.2) is 83.8 Å². The third-order valence-corrected chi connectivity index (χ3v) is 6.43. The van der Waals surface area contributed by atoms with Gasteiger partial charge in [0.05, 0.1) is 6.04 Å². The van der Waals surface area contributed by atoms with E-state index in [1.807, 2.05) is 85.6 Å². The second-order valence-electron chi connectivity index (χ2n) is 8.90. The van der Waals surface area contributed by atoms with Gasteiger partial charge in [-0.15, -0.1) is 0 Å². The number of pyridine rings is 1. The van der Waals surface area contributed by atoms with Crippen LogP contribution in [-0.4, -0.2) is 39.9 Å². The van der Waals surface area contributed by atoms with Crippen molar-refractivity contribution in [3.8, 4) is 11.5 Å². The molecule has 1 N–H and O–H groups in total. The molecule has 0 radical (unpaired) electrons. The van der Waals surface area contributed by atoms with E-state index in [1.54, 1.807) is 15.8 Å². The highest BCUT2D eigenvalue weighted by Gasteiger charge is 2.40. The molecule has 5 rings (SSSR count). The summed E-state index contributed by atoms with van der Waals surface area (Å²) < 4.78 is 7.79. The van der Waals surface area contributed by atoms with Crippen LogP contribution < -0.4 is 15.2 Å². The first kappa shape index (κ1) is 21.8. The lowest BCUT2D eigenvalue weighted by Crippen LogP contribution is -2.58. The number of aromatic hydroxyl groups is 1. The van der Waals surface area contributed by atoms with Crippen LogP contribution in [0.1, 0.15) is 41.5 Å². The lowest BCUT2D eigenvalue weighted by atomic mass is 9.96. The fraction of sp³-hybridized carbons (Fsp3) is 0.259. The molecule has 2 aromatic carbocycles. The van der Waals surface area contributed by atoms with Crippen molar-refractivity contribution < 1.29 is 14.6 Å². The Morgan fingerprint density at radius 3 is 2.50 bits per heavy atom. The molecule has 0 aliphatic carbocycles. The van der Waals surface area contributed by atoms with Gasteiger partial charge >= 0.3 is 0 Å². The number of nitrogens with zero attached hydrogens (tertiary/aromatic N) is 3. The van der Waals surface area contributed by atoms with Crippen LogP contribution in [0.25, 0.3) is 0 Å². The van der Waals surface area contributed by atoms with Gasteiger partial charge in [-0.3, -0.25) is 19.3 Å². The van der Waals surface area contributed by atoms with Gasteiger partial charge in [0.15, 0.2) is 11.4 Å². The van der Waals surface area contributed by atoms with Gasteiger partial charge in [0.1, 0.15) is 25.1 Å². The average Bonchev–Trinajstić information content (AvgIpc) is 2.86. The number of fused-ring (bicyclic) bond motifs is 5. The number of hydrogen-bond donors (Lipinski definition) is 1. The van der Waals surface area contributed by atoms with Crippen molar-refractivity contribution in [2.24, 2.45) is 5.92 Å². The number of hydrogen-bond acceptors (Lipinski definition) is 5. The molecule has 1 unspecified atom stereocenters. The summed E-state index contributed by atoms with van der Waals surface area (Å²) >= 11 is 0. The zero-order valence-corrected chi connectivity index (χ0v) is 19.2. The van der Waals surface area contributed by atoms with Crippen molar-refractivity contribution in [2.45, 2.75) is 25.9 Å². The molecule has 3 heterocycles. The van der Waals surface area contributed by atoms with Crippen LogP contribution in [0, 0.1) is 5.92 Å². The van der Waals surface area contributed by atoms with Gasteiger partial charge in [-0.05, 0) is 23.6 Å². The highest BCUT2D eigenvalue weighted by Crippen LogP contribution is 2.37. The summed E-state index contributed by atoms with van der Waals surface area (Å²) in [7, 11) is 0. The Balaban J connectivity index is 1.82. The Kier molecular flexibility index (Phi) is 5.61. The van der Waals surface area contributed by atoms with Gasteiger partial charge in [0.2, 0.25) is 5.43 Å². The second kappa shape index (κ2) is 8.74. The summed E-state index contributed by atoms with van der Waals surface area (Å²) in [5, 5.41) is 12.7. The van der Waals surface area contributed by atoms with E-state index in [4.69, 9.17) is 4.74 Å². The smallest absolute Gasteiger partial charge is 0.278 e. The van der Waals surface area contributed by atoms with E-state index >= 15 is 0 Å². The molecule has 34 heavy (non-hydrogen) atoms. The summed E-state index contributed by atoms with van der Waals surface area (Å²) in [4.78, 5) is 27.8. The van der Waals surface area contributed by atoms with Gasteiger partial charge in [-0.1, -0.05) is 68.5 Å². The summed E-state index contributed by atoms with van der Waals surface area (Å²) in [6.07, 6.45) is 5.46. The SMILES string of the molecule is CC(C)C1/C=C/COc2ccccc2[C@@H](c2ccccc2)N2CN1C(=O)c1c(O)c(=O)ccn12. The summed E-state index contributed by atoms with van der Waals surface area (Å²) in [5.41, 5.74) is 1.30. The summed E-state index contributed by atoms with van der Waals surface area (Å²) in [6.45, 7) is 4.71. The summed E-state index contributed by atoms with van der Waals surface area (Å²) in [5.74, 6) is -0.0845. The minimum absolute atomic E-state index is 0.0311. The average molecular weight is 458 g/mol. The standard InChI is InChI=1S/C27H27N3O4/c1-18(2)21-12-8-16-34-23-13-7-6-11-20(23)24(19-9-4-3-5-10-19)30-17-28(21)27(33)25-26(32)22(31)14-15-29(25)30/h3-15,18,21,24,32H,16-17H2,1-2H3/b12-8+/t21?,24-/m1/s1. The number of benzene rings is 2. The van der Waals surface area contributed by atoms with Crippen molar-refractivity contribution in [1.82, 2.24) is 9.58 Å². The third-order valence-electron chi connectivity index (χ3n) is 6.43. The molecule has 174 valence electrons. The number of ether oxygens (including phenoxy) is 1. The third kappa shape index (κ3) is 3.63. The molecule has 0 saturated carbocycles. The van der Waals surface area contributed by atoms with Crippen LogP contribution in [0.3, 0.4) is 0 Å². The first-order valence-electron chi connectivity index (χ1n) is 11.4. The number of rotatable bonds is 2.